The Hall–Kier alpha value is -1.62. The van der Waals surface area contributed by atoms with Crippen LogP contribution in [0.1, 0.15) is 0 Å². The largest absolute Gasteiger partial charge is 0.360 e. The lowest BCUT2D eigenvalue weighted by Gasteiger charge is -2.17. The quantitative estimate of drug-likeness (QED) is 0.860. The van der Waals surface area contributed by atoms with Crippen LogP contribution in [0.4, 0.5) is 10.9 Å². The van der Waals surface area contributed by atoms with Gasteiger partial charge in [0.15, 0.2) is 5.13 Å². The molecule has 0 radical (unpaired) electrons. The van der Waals surface area contributed by atoms with Gasteiger partial charge in [-0.1, -0.05) is 6.07 Å². The van der Waals surface area contributed by atoms with Crippen LogP contribution in [0.3, 0.4) is 0 Å². The molecular weight excluding hydrogens is 220 g/mol. The van der Waals surface area contributed by atoms with Gasteiger partial charge in [-0.2, -0.15) is 0 Å². The lowest BCUT2D eigenvalue weighted by Crippen LogP contribution is -2.25. The molecule has 0 saturated carbocycles. The van der Waals surface area contributed by atoms with Gasteiger partial charge >= 0.3 is 0 Å². The molecule has 1 N–H and O–H groups in total. The van der Waals surface area contributed by atoms with Crippen LogP contribution in [0.15, 0.2) is 36.0 Å². The van der Waals surface area contributed by atoms with Gasteiger partial charge in [0.05, 0.1) is 0 Å². The number of rotatable bonds is 5. The lowest BCUT2D eigenvalue weighted by molar-refractivity contribution is 0.893. The molecule has 0 aliphatic heterocycles. The van der Waals surface area contributed by atoms with Gasteiger partial charge in [0.1, 0.15) is 5.82 Å². The molecule has 0 amide bonds. The number of nitrogens with one attached hydrogen (secondary N) is 1. The highest BCUT2D eigenvalue weighted by Crippen LogP contribution is 2.10. The fourth-order valence-electron chi connectivity index (χ4n) is 1.34. The molecule has 0 aromatic carbocycles. The summed E-state index contributed by atoms with van der Waals surface area (Å²) in [6, 6.07) is 5.92. The standard InChI is InChI=1S/C11H14N4S/c1-15(10-4-2-3-5-12-10)8-6-13-11-14-7-9-16-11/h2-5,7,9H,6,8H2,1H3,(H,13,14). The first-order valence-electron chi connectivity index (χ1n) is 5.12. The summed E-state index contributed by atoms with van der Waals surface area (Å²) in [5, 5.41) is 6.19. The summed E-state index contributed by atoms with van der Waals surface area (Å²) in [5.41, 5.74) is 0. The van der Waals surface area contributed by atoms with Crippen molar-refractivity contribution >= 4 is 22.3 Å². The normalized spacial score (nSPS) is 10.1. The van der Waals surface area contributed by atoms with Crippen LogP contribution in [0, 0.1) is 0 Å². The topological polar surface area (TPSA) is 41.0 Å². The number of aromatic nitrogens is 2. The van der Waals surface area contributed by atoms with Crippen LogP contribution in [0.25, 0.3) is 0 Å². The Morgan fingerprint density at radius 1 is 1.31 bits per heavy atom. The third-order valence-electron chi connectivity index (χ3n) is 2.20. The molecule has 2 heterocycles. The maximum Gasteiger partial charge on any atom is 0.182 e. The van der Waals surface area contributed by atoms with E-state index in [0.717, 1.165) is 24.0 Å². The van der Waals surface area contributed by atoms with Gasteiger partial charge in [-0.25, -0.2) is 9.97 Å². The minimum absolute atomic E-state index is 0.862. The number of thiazole rings is 1. The van der Waals surface area contributed by atoms with Crippen LogP contribution in [0.2, 0.25) is 0 Å². The molecule has 4 nitrogen and oxygen atoms in total. The second-order valence-corrected chi connectivity index (χ2v) is 4.27. The third-order valence-corrected chi connectivity index (χ3v) is 2.93. The first-order valence-corrected chi connectivity index (χ1v) is 6.00. The van der Waals surface area contributed by atoms with Crippen molar-refractivity contribution in [3.63, 3.8) is 0 Å². The summed E-state index contributed by atoms with van der Waals surface area (Å²) in [4.78, 5) is 10.6. The van der Waals surface area contributed by atoms with Crippen LogP contribution in [0.5, 0.6) is 0 Å². The second-order valence-electron chi connectivity index (χ2n) is 3.37. The number of pyridine rings is 1. The van der Waals surface area contributed by atoms with Gasteiger partial charge in [0, 0.05) is 37.9 Å². The zero-order valence-electron chi connectivity index (χ0n) is 9.13. The minimum atomic E-state index is 0.862. The monoisotopic (exact) mass is 234 g/mol. The molecule has 16 heavy (non-hydrogen) atoms. The van der Waals surface area contributed by atoms with Crippen LogP contribution in [-0.4, -0.2) is 30.1 Å². The van der Waals surface area contributed by atoms with Crippen molar-refractivity contribution < 1.29 is 0 Å². The summed E-state index contributed by atoms with van der Waals surface area (Å²) in [6.45, 7) is 1.76. The Kier molecular flexibility index (Phi) is 3.71. The fraction of sp³-hybridized carbons (Fsp3) is 0.273. The Morgan fingerprint density at radius 3 is 2.94 bits per heavy atom. The van der Waals surface area contributed by atoms with Gasteiger partial charge in [0.25, 0.3) is 0 Å². The van der Waals surface area contributed by atoms with Gasteiger partial charge in [-0.05, 0) is 12.1 Å². The number of anilines is 2. The Morgan fingerprint density at radius 2 is 2.25 bits per heavy atom. The first-order chi connectivity index (χ1) is 7.86. The predicted molar refractivity (Wildman–Crippen MR) is 68.1 cm³/mol. The molecule has 0 aliphatic rings. The zero-order chi connectivity index (χ0) is 11.2. The molecule has 0 unspecified atom stereocenters. The fourth-order valence-corrected chi connectivity index (χ4v) is 1.89. The lowest BCUT2D eigenvalue weighted by atomic mass is 10.4. The highest BCUT2D eigenvalue weighted by Gasteiger charge is 2.00. The molecule has 84 valence electrons. The average molecular weight is 234 g/mol. The van der Waals surface area contributed by atoms with Crippen LogP contribution in [-0.2, 0) is 0 Å². The summed E-state index contributed by atoms with van der Waals surface area (Å²) in [7, 11) is 2.03. The van der Waals surface area contributed by atoms with E-state index >= 15 is 0 Å². The van der Waals surface area contributed by atoms with Gasteiger partial charge in [0.2, 0.25) is 0 Å². The highest BCUT2D eigenvalue weighted by atomic mass is 32.1. The molecule has 0 aliphatic carbocycles. The van der Waals surface area contributed by atoms with Crippen molar-refractivity contribution in [3.8, 4) is 0 Å². The summed E-state index contributed by atoms with van der Waals surface area (Å²) in [5.74, 6) is 0.989. The number of hydrogen-bond acceptors (Lipinski definition) is 5. The SMILES string of the molecule is CN(CCNc1nccs1)c1ccccn1. The molecule has 0 fully saturated rings. The molecule has 5 heteroatoms. The van der Waals surface area contributed by atoms with Crippen molar-refractivity contribution in [1.29, 1.82) is 0 Å². The molecule has 2 aromatic rings. The minimum Gasteiger partial charge on any atom is -0.360 e. The molecule has 0 atom stereocenters. The number of likely N-dealkylation sites (N-methyl/N-ethyl adjacent to an activating group) is 1. The molecular formula is C11H14N4S. The van der Waals surface area contributed by atoms with Crippen molar-refractivity contribution in [2.75, 3.05) is 30.4 Å². The van der Waals surface area contributed by atoms with Crippen molar-refractivity contribution in [1.82, 2.24) is 9.97 Å². The number of nitrogens with zero attached hydrogens (tertiary/aromatic N) is 3. The van der Waals surface area contributed by atoms with E-state index in [1.807, 2.05) is 30.6 Å². The number of hydrogen-bond donors (Lipinski definition) is 1. The zero-order valence-corrected chi connectivity index (χ0v) is 9.94. The van der Waals surface area contributed by atoms with Gasteiger partial charge in [-0.15, -0.1) is 11.3 Å². The summed E-state index contributed by atoms with van der Waals surface area (Å²) in [6.07, 6.45) is 3.61. The summed E-state index contributed by atoms with van der Waals surface area (Å²) < 4.78 is 0. The average Bonchev–Trinajstić information content (AvgIpc) is 2.83. The Balaban J connectivity index is 1.78. The molecule has 2 rings (SSSR count). The van der Waals surface area contributed by atoms with Crippen LogP contribution >= 0.6 is 11.3 Å². The van der Waals surface area contributed by atoms with E-state index in [1.165, 1.54) is 0 Å². The van der Waals surface area contributed by atoms with Crippen molar-refractivity contribution in [3.05, 3.63) is 36.0 Å². The molecule has 0 bridgehead atoms. The van der Waals surface area contributed by atoms with Crippen molar-refractivity contribution in [2.45, 2.75) is 0 Å². The van der Waals surface area contributed by atoms with E-state index in [9.17, 15) is 0 Å². The molecule has 0 saturated heterocycles. The second kappa shape index (κ2) is 5.46. The van der Waals surface area contributed by atoms with E-state index in [-0.39, 0.29) is 0 Å². The third kappa shape index (κ3) is 2.93. The maximum absolute atomic E-state index is 4.28. The molecule has 0 spiro atoms. The maximum atomic E-state index is 4.28. The molecule has 2 aromatic heterocycles. The highest BCUT2D eigenvalue weighted by molar-refractivity contribution is 7.13. The van der Waals surface area contributed by atoms with E-state index in [0.29, 0.717) is 0 Å². The van der Waals surface area contributed by atoms with Crippen LogP contribution < -0.4 is 10.2 Å². The van der Waals surface area contributed by atoms with Crippen molar-refractivity contribution in [2.24, 2.45) is 0 Å². The smallest absolute Gasteiger partial charge is 0.182 e. The van der Waals surface area contributed by atoms with E-state index < -0.39 is 0 Å². The van der Waals surface area contributed by atoms with E-state index in [2.05, 4.69) is 20.2 Å². The van der Waals surface area contributed by atoms with Gasteiger partial charge < -0.3 is 10.2 Å². The summed E-state index contributed by atoms with van der Waals surface area (Å²) >= 11 is 1.61. The Labute approximate surface area is 99.0 Å². The first kappa shape index (κ1) is 10.9. The predicted octanol–water partition coefficient (Wildman–Crippen LogP) is 2.09. The van der Waals surface area contributed by atoms with E-state index in [1.54, 1.807) is 23.7 Å². The van der Waals surface area contributed by atoms with Gasteiger partial charge in [-0.3, -0.25) is 0 Å². The van der Waals surface area contributed by atoms with E-state index in [4.69, 9.17) is 0 Å². The Bertz CT molecular complexity index is 401.